The van der Waals surface area contributed by atoms with Gasteiger partial charge in [0.2, 0.25) is 0 Å². The molecular formula is C32H18N2O2S. The first-order chi connectivity index (χ1) is 18.2. The third-order valence-electron chi connectivity index (χ3n) is 7.33. The number of nitrogens with zero attached hydrogens (tertiary/aromatic N) is 2. The van der Waals surface area contributed by atoms with Crippen LogP contribution in [0, 0.1) is 0 Å². The van der Waals surface area contributed by atoms with Gasteiger partial charge in [-0.05, 0) is 48.5 Å². The summed E-state index contributed by atoms with van der Waals surface area (Å²) in [6.07, 6.45) is 0. The predicted molar refractivity (Wildman–Crippen MR) is 151 cm³/mol. The van der Waals surface area contributed by atoms with Crippen molar-refractivity contribution in [1.82, 2.24) is 4.57 Å². The summed E-state index contributed by atoms with van der Waals surface area (Å²) in [5, 5.41) is 4.71. The lowest BCUT2D eigenvalue weighted by Gasteiger charge is -2.20. The highest BCUT2D eigenvalue weighted by molar-refractivity contribution is 7.25. The van der Waals surface area contributed by atoms with Crippen molar-refractivity contribution in [3.63, 3.8) is 0 Å². The Hall–Kier alpha value is -4.74. The Bertz CT molecular complexity index is 2060. The van der Waals surface area contributed by atoms with Crippen LogP contribution in [0.25, 0.3) is 47.7 Å². The zero-order valence-electron chi connectivity index (χ0n) is 19.5. The number of hydrogen-bond donors (Lipinski definition) is 0. The Kier molecular flexibility index (Phi) is 4.08. The fourth-order valence-electron chi connectivity index (χ4n) is 5.70. The van der Waals surface area contributed by atoms with Gasteiger partial charge in [-0.2, -0.15) is 0 Å². The largest absolute Gasteiger partial charge is 0.307 e. The highest BCUT2D eigenvalue weighted by Crippen LogP contribution is 2.42. The predicted octanol–water partition coefficient (Wildman–Crippen LogP) is 7.95. The number of thiophene rings is 1. The normalized spacial score (nSPS) is 13.5. The summed E-state index contributed by atoms with van der Waals surface area (Å²) >= 11 is 1.80. The first kappa shape index (κ1) is 20.5. The minimum atomic E-state index is -0.292. The maximum absolute atomic E-state index is 13.4. The van der Waals surface area contributed by atoms with E-state index in [1.54, 1.807) is 35.6 Å². The van der Waals surface area contributed by atoms with E-state index in [1.165, 1.54) is 25.1 Å². The Morgan fingerprint density at radius 2 is 1.11 bits per heavy atom. The van der Waals surface area contributed by atoms with Gasteiger partial charge in [0.05, 0.1) is 33.5 Å². The quantitative estimate of drug-likeness (QED) is 0.229. The molecule has 0 spiro atoms. The van der Waals surface area contributed by atoms with Crippen LogP contribution >= 0.6 is 11.3 Å². The van der Waals surface area contributed by atoms with Crippen molar-refractivity contribution < 1.29 is 9.59 Å². The number of benzene rings is 5. The molecule has 5 aromatic carbocycles. The van der Waals surface area contributed by atoms with Crippen LogP contribution < -0.4 is 4.90 Å². The van der Waals surface area contributed by atoms with Crippen molar-refractivity contribution in [2.24, 2.45) is 0 Å². The minimum absolute atomic E-state index is 0.292. The van der Waals surface area contributed by atoms with E-state index in [2.05, 4.69) is 59.2 Å². The number of rotatable bonds is 2. The van der Waals surface area contributed by atoms with Gasteiger partial charge in [0.25, 0.3) is 11.8 Å². The Balaban J connectivity index is 1.46. The third kappa shape index (κ3) is 2.72. The molecule has 0 saturated heterocycles. The van der Waals surface area contributed by atoms with Gasteiger partial charge in [0.15, 0.2) is 0 Å². The van der Waals surface area contributed by atoms with Crippen LogP contribution in [-0.2, 0) is 0 Å². The third-order valence-corrected chi connectivity index (χ3v) is 8.46. The second-order valence-corrected chi connectivity index (χ2v) is 10.4. The van der Waals surface area contributed by atoms with E-state index in [0.29, 0.717) is 16.8 Å². The van der Waals surface area contributed by atoms with Crippen LogP contribution in [0.2, 0.25) is 0 Å². The van der Waals surface area contributed by atoms with Crippen molar-refractivity contribution in [3.05, 3.63) is 120 Å². The molecule has 5 heteroatoms. The monoisotopic (exact) mass is 494 g/mol. The molecule has 0 N–H and O–H groups in total. The van der Waals surface area contributed by atoms with E-state index in [9.17, 15) is 9.59 Å². The molecule has 0 fully saturated rings. The van der Waals surface area contributed by atoms with Crippen LogP contribution in [0.3, 0.4) is 0 Å². The van der Waals surface area contributed by atoms with Crippen LogP contribution in [0.15, 0.2) is 109 Å². The van der Waals surface area contributed by atoms with Crippen LogP contribution in [0.1, 0.15) is 20.7 Å². The Labute approximate surface area is 215 Å². The van der Waals surface area contributed by atoms with Crippen molar-refractivity contribution in [3.8, 4) is 5.69 Å². The smallest absolute Gasteiger partial charge is 0.266 e. The summed E-state index contributed by atoms with van der Waals surface area (Å²) in [6, 6.07) is 36.0. The molecule has 37 heavy (non-hydrogen) atoms. The van der Waals surface area contributed by atoms with Crippen molar-refractivity contribution in [1.29, 1.82) is 0 Å². The van der Waals surface area contributed by atoms with E-state index in [-0.39, 0.29) is 11.8 Å². The molecular weight excluding hydrogens is 476 g/mol. The molecule has 4 nitrogen and oxygen atoms in total. The summed E-state index contributed by atoms with van der Waals surface area (Å²) in [5.74, 6) is -0.583. The SMILES string of the molecule is O=C1c2ccccc2C(=O)N1c1ccccc1-n1c2ccccc2c2cc3sc4ccccc4c3cc21. The molecule has 0 aliphatic carbocycles. The number of hydrogen-bond acceptors (Lipinski definition) is 3. The highest BCUT2D eigenvalue weighted by atomic mass is 32.1. The molecule has 0 radical (unpaired) electrons. The maximum Gasteiger partial charge on any atom is 0.266 e. The van der Waals surface area contributed by atoms with Crippen molar-refractivity contribution in [2.75, 3.05) is 4.90 Å². The van der Waals surface area contributed by atoms with Gasteiger partial charge in [-0.1, -0.05) is 60.7 Å². The molecule has 1 aliphatic heterocycles. The van der Waals surface area contributed by atoms with E-state index < -0.39 is 0 Å². The Morgan fingerprint density at radius 3 is 1.89 bits per heavy atom. The fourth-order valence-corrected chi connectivity index (χ4v) is 6.82. The number of carbonyl (C=O) groups excluding carboxylic acids is 2. The van der Waals surface area contributed by atoms with Gasteiger partial charge in [0.1, 0.15) is 0 Å². The van der Waals surface area contributed by atoms with Crippen LogP contribution in [0.4, 0.5) is 5.69 Å². The van der Waals surface area contributed by atoms with Crippen molar-refractivity contribution in [2.45, 2.75) is 0 Å². The van der Waals surface area contributed by atoms with E-state index >= 15 is 0 Å². The molecule has 0 saturated carbocycles. The summed E-state index contributed by atoms with van der Waals surface area (Å²) < 4.78 is 4.69. The second kappa shape index (κ2) is 7.38. The first-order valence-electron chi connectivity index (χ1n) is 12.1. The zero-order chi connectivity index (χ0) is 24.7. The molecule has 0 atom stereocenters. The van der Waals surface area contributed by atoms with Gasteiger partial charge < -0.3 is 4.57 Å². The van der Waals surface area contributed by atoms with Gasteiger partial charge in [-0.25, -0.2) is 4.90 Å². The van der Waals surface area contributed by atoms with Gasteiger partial charge >= 0.3 is 0 Å². The Morgan fingerprint density at radius 1 is 0.486 bits per heavy atom. The molecule has 174 valence electrons. The van der Waals surface area contributed by atoms with Crippen LogP contribution in [-0.4, -0.2) is 16.4 Å². The minimum Gasteiger partial charge on any atom is -0.307 e. The lowest BCUT2D eigenvalue weighted by atomic mass is 10.1. The van der Waals surface area contributed by atoms with Gasteiger partial charge in [0, 0.05) is 30.9 Å². The summed E-state index contributed by atoms with van der Waals surface area (Å²) in [6.45, 7) is 0. The van der Waals surface area contributed by atoms with E-state index in [1.807, 2.05) is 30.3 Å². The fraction of sp³-hybridized carbons (Fsp3) is 0. The number of fused-ring (bicyclic) bond motifs is 7. The number of para-hydroxylation sites is 3. The average Bonchev–Trinajstić information content (AvgIpc) is 3.55. The lowest BCUT2D eigenvalue weighted by molar-refractivity contribution is 0.0926. The molecule has 8 rings (SSSR count). The maximum atomic E-state index is 13.4. The summed E-state index contributed by atoms with van der Waals surface area (Å²) in [7, 11) is 0. The number of anilines is 1. The number of amides is 2. The van der Waals surface area contributed by atoms with Crippen LogP contribution in [0.5, 0.6) is 0 Å². The summed E-state index contributed by atoms with van der Waals surface area (Å²) in [4.78, 5) is 28.2. The summed E-state index contributed by atoms with van der Waals surface area (Å²) in [5.41, 5.74) is 4.32. The topological polar surface area (TPSA) is 42.3 Å². The molecule has 2 aromatic heterocycles. The molecule has 0 bridgehead atoms. The standard InChI is InChI=1S/C32H18N2O2S/c35-31-21-11-1-2-12-22(21)32(36)34(31)27-15-7-6-14-26(27)33-25-13-5-3-9-19(25)23-18-30-24(17-28(23)33)20-10-4-8-16-29(20)37-30/h1-18H. The zero-order valence-corrected chi connectivity index (χ0v) is 20.3. The second-order valence-electron chi connectivity index (χ2n) is 9.30. The number of carbonyl (C=O) groups is 2. The van der Waals surface area contributed by atoms with E-state index in [4.69, 9.17) is 0 Å². The average molecular weight is 495 g/mol. The molecule has 0 unspecified atom stereocenters. The highest BCUT2D eigenvalue weighted by Gasteiger charge is 2.37. The molecule has 3 heterocycles. The molecule has 7 aromatic rings. The van der Waals surface area contributed by atoms with Gasteiger partial charge in [-0.3, -0.25) is 9.59 Å². The number of aromatic nitrogens is 1. The van der Waals surface area contributed by atoms with Crippen molar-refractivity contribution >= 4 is 70.8 Å². The number of imide groups is 1. The molecule has 1 aliphatic rings. The molecule has 2 amide bonds. The van der Waals surface area contributed by atoms with E-state index in [0.717, 1.165) is 27.5 Å². The van der Waals surface area contributed by atoms with Gasteiger partial charge in [-0.15, -0.1) is 11.3 Å². The first-order valence-corrected chi connectivity index (χ1v) is 12.9. The lowest BCUT2D eigenvalue weighted by Crippen LogP contribution is -2.30.